The number of hydrogen-bond donors (Lipinski definition) is 1. The molecule has 3 aromatic rings. The largest absolute Gasteiger partial charge is 0.496 e. The van der Waals surface area contributed by atoms with Gasteiger partial charge in [0.15, 0.2) is 0 Å². The van der Waals surface area contributed by atoms with E-state index in [1.165, 1.54) is 32.8 Å². The monoisotopic (exact) mass is 451 g/mol. The second-order valence-electron chi connectivity index (χ2n) is 7.88. The molecular weight excluding hydrogens is 426 g/mol. The molecule has 1 fully saturated rings. The molecule has 1 aliphatic carbocycles. The Morgan fingerprint density at radius 1 is 0.970 bits per heavy atom. The number of rotatable bonds is 6. The van der Waals surface area contributed by atoms with E-state index in [9.17, 15) is 14.4 Å². The SMILES string of the molecule is COc1cccc(OC)c1C(=O)Oc1ccc2cc(C(=O)NC3CCCCC3)c(=O)oc2c1. The third-order valence-electron chi connectivity index (χ3n) is 5.73. The van der Waals surface area contributed by atoms with Crippen LogP contribution < -0.4 is 25.2 Å². The fourth-order valence-electron chi connectivity index (χ4n) is 4.03. The molecule has 0 atom stereocenters. The zero-order valence-corrected chi connectivity index (χ0v) is 18.5. The van der Waals surface area contributed by atoms with Crippen molar-refractivity contribution in [1.82, 2.24) is 5.32 Å². The number of hydrogen-bond acceptors (Lipinski definition) is 7. The second kappa shape index (κ2) is 9.77. The van der Waals surface area contributed by atoms with E-state index in [0.29, 0.717) is 16.9 Å². The Balaban J connectivity index is 1.57. The van der Waals surface area contributed by atoms with Crippen LogP contribution in [-0.2, 0) is 0 Å². The number of amides is 1. The molecule has 4 rings (SSSR count). The first kappa shape index (κ1) is 22.4. The number of nitrogens with one attached hydrogen (secondary N) is 1. The van der Waals surface area contributed by atoms with Gasteiger partial charge in [-0.1, -0.05) is 25.3 Å². The van der Waals surface area contributed by atoms with E-state index in [1.807, 2.05) is 0 Å². The molecule has 8 heteroatoms. The number of carbonyl (C=O) groups is 2. The summed E-state index contributed by atoms with van der Waals surface area (Å²) >= 11 is 0. The summed E-state index contributed by atoms with van der Waals surface area (Å²) in [6, 6.07) is 11.1. The van der Waals surface area contributed by atoms with E-state index in [2.05, 4.69) is 5.32 Å². The summed E-state index contributed by atoms with van der Waals surface area (Å²) in [6.07, 6.45) is 5.13. The van der Waals surface area contributed by atoms with Gasteiger partial charge in [0, 0.05) is 17.5 Å². The molecule has 0 radical (unpaired) electrons. The molecule has 0 unspecified atom stereocenters. The maximum absolute atomic E-state index is 12.8. The molecule has 1 amide bonds. The lowest BCUT2D eigenvalue weighted by molar-refractivity contribution is 0.0727. The van der Waals surface area contributed by atoms with Gasteiger partial charge in [-0.3, -0.25) is 4.79 Å². The molecule has 0 aliphatic heterocycles. The van der Waals surface area contributed by atoms with Gasteiger partial charge >= 0.3 is 11.6 Å². The molecule has 172 valence electrons. The second-order valence-corrected chi connectivity index (χ2v) is 7.88. The lowest BCUT2D eigenvalue weighted by Crippen LogP contribution is -2.38. The molecule has 0 saturated heterocycles. The normalized spacial score (nSPS) is 14.0. The Morgan fingerprint density at radius 2 is 1.67 bits per heavy atom. The molecule has 1 saturated carbocycles. The minimum Gasteiger partial charge on any atom is -0.496 e. The Morgan fingerprint density at radius 3 is 2.33 bits per heavy atom. The van der Waals surface area contributed by atoms with Crippen molar-refractivity contribution < 1.29 is 28.2 Å². The Hall–Kier alpha value is -3.81. The van der Waals surface area contributed by atoms with Crippen molar-refractivity contribution in [1.29, 1.82) is 0 Å². The fraction of sp³-hybridized carbons (Fsp3) is 0.320. The minimum absolute atomic E-state index is 0.0448. The van der Waals surface area contributed by atoms with Crippen molar-refractivity contribution in [2.45, 2.75) is 38.1 Å². The molecular formula is C25H25NO7. The highest BCUT2D eigenvalue weighted by Crippen LogP contribution is 2.30. The third kappa shape index (κ3) is 4.84. The number of ether oxygens (including phenoxy) is 3. The Labute approximate surface area is 190 Å². The lowest BCUT2D eigenvalue weighted by Gasteiger charge is -2.22. The van der Waals surface area contributed by atoms with Crippen LogP contribution in [0.3, 0.4) is 0 Å². The number of carbonyl (C=O) groups excluding carboxylic acids is 2. The summed E-state index contributed by atoms with van der Waals surface area (Å²) in [7, 11) is 2.89. The maximum atomic E-state index is 12.8. The first-order valence-corrected chi connectivity index (χ1v) is 10.8. The first-order valence-electron chi connectivity index (χ1n) is 10.8. The average Bonchev–Trinajstić information content (AvgIpc) is 2.83. The molecule has 1 aromatic heterocycles. The van der Waals surface area contributed by atoms with Crippen LogP contribution in [0.1, 0.15) is 52.8 Å². The van der Waals surface area contributed by atoms with Gasteiger partial charge in [-0.25, -0.2) is 9.59 Å². The van der Waals surface area contributed by atoms with Crippen molar-refractivity contribution in [3.63, 3.8) is 0 Å². The van der Waals surface area contributed by atoms with Gasteiger partial charge in [-0.15, -0.1) is 0 Å². The lowest BCUT2D eigenvalue weighted by atomic mass is 9.95. The Kier molecular flexibility index (Phi) is 6.63. The minimum atomic E-state index is -0.745. The van der Waals surface area contributed by atoms with Crippen LogP contribution in [0.25, 0.3) is 11.0 Å². The van der Waals surface area contributed by atoms with Crippen molar-refractivity contribution >= 4 is 22.8 Å². The van der Waals surface area contributed by atoms with Crippen LogP contribution in [0.15, 0.2) is 51.7 Å². The summed E-state index contributed by atoms with van der Waals surface area (Å²) in [5.74, 6) is -0.339. The molecule has 1 N–H and O–H groups in total. The van der Waals surface area contributed by atoms with Crippen molar-refractivity contribution in [2.75, 3.05) is 14.2 Å². The highest BCUT2D eigenvalue weighted by atomic mass is 16.5. The molecule has 2 aromatic carbocycles. The quantitative estimate of drug-likeness (QED) is 0.342. The first-order chi connectivity index (χ1) is 16.0. The van der Waals surface area contributed by atoms with Crippen LogP contribution in [0.2, 0.25) is 0 Å². The maximum Gasteiger partial charge on any atom is 0.351 e. The standard InChI is InChI=1S/C25H25NO7/c1-30-19-9-6-10-20(31-2)22(19)25(29)32-17-12-11-15-13-18(24(28)33-21(15)14-17)23(27)26-16-7-4-3-5-8-16/h6,9-14,16H,3-5,7-8H2,1-2H3,(H,26,27). The van der Waals surface area contributed by atoms with Crippen LogP contribution in [0.5, 0.6) is 17.2 Å². The van der Waals surface area contributed by atoms with E-state index in [-0.39, 0.29) is 28.5 Å². The van der Waals surface area contributed by atoms with Gasteiger partial charge in [0.1, 0.15) is 34.0 Å². The van der Waals surface area contributed by atoms with Crippen molar-refractivity contribution in [3.05, 3.63) is 64.0 Å². The van der Waals surface area contributed by atoms with Crippen LogP contribution in [0.4, 0.5) is 0 Å². The van der Waals surface area contributed by atoms with Crippen LogP contribution >= 0.6 is 0 Å². The highest BCUT2D eigenvalue weighted by molar-refractivity contribution is 5.98. The molecule has 8 nitrogen and oxygen atoms in total. The summed E-state index contributed by atoms with van der Waals surface area (Å²) in [4.78, 5) is 37.9. The third-order valence-corrected chi connectivity index (χ3v) is 5.73. The fourth-order valence-corrected chi connectivity index (χ4v) is 4.03. The van der Waals surface area contributed by atoms with Crippen molar-refractivity contribution in [2.24, 2.45) is 0 Å². The summed E-state index contributed by atoms with van der Waals surface area (Å²) < 4.78 is 21.3. The Bertz CT molecular complexity index is 1220. The number of benzene rings is 2. The van der Waals surface area contributed by atoms with Gasteiger partial charge in [0.05, 0.1) is 14.2 Å². The van der Waals surface area contributed by atoms with Gasteiger partial charge in [-0.05, 0) is 43.2 Å². The van der Waals surface area contributed by atoms with E-state index < -0.39 is 17.5 Å². The predicted molar refractivity (Wildman–Crippen MR) is 121 cm³/mol. The van der Waals surface area contributed by atoms with E-state index in [0.717, 1.165) is 25.7 Å². The van der Waals surface area contributed by atoms with Gasteiger partial charge < -0.3 is 23.9 Å². The molecule has 0 spiro atoms. The average molecular weight is 451 g/mol. The van der Waals surface area contributed by atoms with Gasteiger partial charge in [0.25, 0.3) is 5.91 Å². The smallest absolute Gasteiger partial charge is 0.351 e. The zero-order valence-electron chi connectivity index (χ0n) is 18.5. The van der Waals surface area contributed by atoms with Gasteiger partial charge in [0.2, 0.25) is 0 Å². The van der Waals surface area contributed by atoms with Crippen LogP contribution in [-0.4, -0.2) is 32.1 Å². The summed E-state index contributed by atoms with van der Waals surface area (Å²) in [5.41, 5.74) is -0.451. The molecule has 0 bridgehead atoms. The van der Waals surface area contributed by atoms with E-state index >= 15 is 0 Å². The predicted octanol–water partition coefficient (Wildman–Crippen LogP) is 4.09. The topological polar surface area (TPSA) is 104 Å². The van der Waals surface area contributed by atoms with Crippen molar-refractivity contribution in [3.8, 4) is 17.2 Å². The number of methoxy groups -OCH3 is 2. The summed E-state index contributed by atoms with van der Waals surface area (Å²) in [6.45, 7) is 0. The van der Waals surface area contributed by atoms with E-state index in [4.69, 9.17) is 18.6 Å². The van der Waals surface area contributed by atoms with Crippen LogP contribution in [0, 0.1) is 0 Å². The zero-order chi connectivity index (χ0) is 23.4. The molecule has 33 heavy (non-hydrogen) atoms. The number of esters is 1. The van der Waals surface area contributed by atoms with Gasteiger partial charge in [-0.2, -0.15) is 0 Å². The number of fused-ring (bicyclic) bond motifs is 1. The molecule has 1 aliphatic rings. The highest BCUT2D eigenvalue weighted by Gasteiger charge is 2.22. The molecule has 1 heterocycles. The summed E-state index contributed by atoms with van der Waals surface area (Å²) in [5, 5.41) is 3.47. The van der Waals surface area contributed by atoms with E-state index in [1.54, 1.807) is 30.3 Å².